The van der Waals surface area contributed by atoms with Crippen LogP contribution in [0.3, 0.4) is 0 Å². The van der Waals surface area contributed by atoms with Crippen LogP contribution < -0.4 is 0 Å². The molecule has 5 rings (SSSR count). The van der Waals surface area contributed by atoms with Crippen LogP contribution in [0, 0.1) is 6.92 Å². The van der Waals surface area contributed by atoms with E-state index < -0.39 is 0 Å². The molecular formula is C31H25ClO3S. The van der Waals surface area contributed by atoms with Gasteiger partial charge in [0.1, 0.15) is 6.61 Å². The van der Waals surface area contributed by atoms with Crippen LogP contribution in [0.15, 0.2) is 94.7 Å². The highest BCUT2D eigenvalue weighted by atomic mass is 35.5. The van der Waals surface area contributed by atoms with Crippen LogP contribution in [0.4, 0.5) is 0 Å². The third-order valence-electron chi connectivity index (χ3n) is 6.55. The largest absolute Gasteiger partial charge is 0.465 e. The Morgan fingerprint density at radius 2 is 1.58 bits per heavy atom. The van der Waals surface area contributed by atoms with E-state index in [0.29, 0.717) is 23.6 Å². The van der Waals surface area contributed by atoms with Gasteiger partial charge in [0.25, 0.3) is 0 Å². The minimum absolute atomic E-state index is 0.0423. The minimum Gasteiger partial charge on any atom is -0.465 e. The first-order valence-corrected chi connectivity index (χ1v) is 13.1. The summed E-state index contributed by atoms with van der Waals surface area (Å²) in [6, 6.07) is 27.9. The molecule has 0 saturated heterocycles. The zero-order chi connectivity index (χ0) is 25.1. The summed E-state index contributed by atoms with van der Waals surface area (Å²) in [7, 11) is 0. The van der Waals surface area contributed by atoms with Gasteiger partial charge < -0.3 is 4.74 Å². The van der Waals surface area contributed by atoms with Crippen molar-refractivity contribution in [1.29, 1.82) is 0 Å². The highest BCUT2D eigenvalue weighted by molar-refractivity contribution is 7.99. The second kappa shape index (κ2) is 10.7. The van der Waals surface area contributed by atoms with Crippen LogP contribution in [0.25, 0.3) is 11.1 Å². The molecule has 0 N–H and O–H groups in total. The number of aryl methyl sites for hydroxylation is 2. The number of esters is 1. The van der Waals surface area contributed by atoms with Gasteiger partial charge in [0.15, 0.2) is 6.29 Å². The molecule has 5 heteroatoms. The molecule has 3 nitrogen and oxygen atoms in total. The Hall–Kier alpha value is -3.34. The monoisotopic (exact) mass is 512 g/mol. The lowest BCUT2D eigenvalue weighted by molar-refractivity contribution is -0.143. The zero-order valence-corrected chi connectivity index (χ0v) is 21.4. The maximum Gasteiger partial charge on any atom is 0.306 e. The number of hydrogen-bond donors (Lipinski definition) is 0. The number of aldehydes is 1. The van der Waals surface area contributed by atoms with Gasteiger partial charge in [-0.1, -0.05) is 90.1 Å². The molecule has 4 aromatic rings. The molecule has 0 saturated carbocycles. The molecule has 0 aliphatic heterocycles. The van der Waals surface area contributed by atoms with Crippen LogP contribution in [-0.2, 0) is 16.0 Å². The van der Waals surface area contributed by atoms with Gasteiger partial charge >= 0.3 is 5.97 Å². The highest BCUT2D eigenvalue weighted by Crippen LogP contribution is 2.44. The summed E-state index contributed by atoms with van der Waals surface area (Å²) in [6.07, 6.45) is 1.62. The molecule has 0 amide bonds. The predicted octanol–water partition coefficient (Wildman–Crippen LogP) is 7.90. The summed E-state index contributed by atoms with van der Waals surface area (Å²) in [5.41, 5.74) is 7.44. The van der Waals surface area contributed by atoms with Gasteiger partial charge in [-0.2, -0.15) is 0 Å². The summed E-state index contributed by atoms with van der Waals surface area (Å²) in [5.74, 6) is -0.195. The maximum atomic E-state index is 12.8. The lowest BCUT2D eigenvalue weighted by Gasteiger charge is -2.16. The van der Waals surface area contributed by atoms with E-state index in [4.69, 9.17) is 16.3 Å². The van der Waals surface area contributed by atoms with Crippen LogP contribution in [-0.4, -0.2) is 18.9 Å². The second-order valence-corrected chi connectivity index (χ2v) is 10.4. The van der Waals surface area contributed by atoms with Crippen molar-refractivity contribution >= 4 is 35.6 Å². The van der Waals surface area contributed by atoms with E-state index in [9.17, 15) is 9.59 Å². The Morgan fingerprint density at radius 1 is 0.944 bits per heavy atom. The summed E-state index contributed by atoms with van der Waals surface area (Å²) in [4.78, 5) is 26.2. The smallest absolute Gasteiger partial charge is 0.306 e. The Labute approximate surface area is 220 Å². The number of hydrogen-bond acceptors (Lipinski definition) is 4. The number of halogens is 1. The van der Waals surface area contributed by atoms with Crippen molar-refractivity contribution in [2.24, 2.45) is 0 Å². The first-order chi connectivity index (χ1) is 17.5. The van der Waals surface area contributed by atoms with Gasteiger partial charge in [-0.3, -0.25) is 9.59 Å². The average Bonchev–Trinajstić information content (AvgIpc) is 3.22. The fourth-order valence-electron chi connectivity index (χ4n) is 4.84. The second-order valence-electron chi connectivity index (χ2n) is 8.88. The molecule has 36 heavy (non-hydrogen) atoms. The van der Waals surface area contributed by atoms with Gasteiger partial charge in [-0.05, 0) is 64.9 Å². The van der Waals surface area contributed by atoms with Crippen LogP contribution in [0.2, 0.25) is 5.02 Å². The number of ether oxygens (including phenoxy) is 1. The first-order valence-electron chi connectivity index (χ1n) is 11.9. The van der Waals surface area contributed by atoms with Crippen molar-refractivity contribution < 1.29 is 14.3 Å². The van der Waals surface area contributed by atoms with Crippen LogP contribution >= 0.6 is 23.4 Å². The standard InChI is InChI=1S/C31H25ClO3S/c1-20-16-23(32)17-21(31(20)36-29-13-7-2-8-22(29)18-33)14-15-30(34)35-19-28-26-11-5-3-9-24(26)25-10-4-6-12-27(25)28/h2-13,16-18,28H,14-15,19H2,1H3. The quantitative estimate of drug-likeness (QED) is 0.178. The van der Waals surface area contributed by atoms with Crippen molar-refractivity contribution in [3.63, 3.8) is 0 Å². The number of carbonyl (C=O) groups excluding carboxylic acids is 2. The van der Waals surface area contributed by atoms with Crippen molar-refractivity contribution in [3.8, 4) is 11.1 Å². The highest BCUT2D eigenvalue weighted by Gasteiger charge is 2.29. The summed E-state index contributed by atoms with van der Waals surface area (Å²) in [5, 5.41) is 0.628. The van der Waals surface area contributed by atoms with Crippen molar-refractivity contribution in [2.45, 2.75) is 35.5 Å². The predicted molar refractivity (Wildman–Crippen MR) is 145 cm³/mol. The Kier molecular flexibility index (Phi) is 7.26. The molecule has 0 radical (unpaired) electrons. The van der Waals surface area contributed by atoms with E-state index in [1.807, 2.05) is 61.5 Å². The van der Waals surface area contributed by atoms with Gasteiger partial charge in [-0.15, -0.1) is 0 Å². The van der Waals surface area contributed by atoms with Crippen LogP contribution in [0.5, 0.6) is 0 Å². The third kappa shape index (κ3) is 4.97. The number of fused-ring (bicyclic) bond motifs is 3. The number of benzene rings is 4. The van der Waals surface area contributed by atoms with Crippen molar-refractivity contribution in [3.05, 3.63) is 118 Å². The van der Waals surface area contributed by atoms with Gasteiger partial charge in [0.2, 0.25) is 0 Å². The fourth-order valence-corrected chi connectivity index (χ4v) is 6.24. The summed E-state index contributed by atoms with van der Waals surface area (Å²) in [6.45, 7) is 2.31. The third-order valence-corrected chi connectivity index (χ3v) is 8.14. The zero-order valence-electron chi connectivity index (χ0n) is 19.9. The van der Waals surface area contributed by atoms with Crippen LogP contribution in [0.1, 0.15) is 45.0 Å². The van der Waals surface area contributed by atoms with Gasteiger partial charge in [-0.25, -0.2) is 0 Å². The van der Waals surface area contributed by atoms with E-state index in [2.05, 4.69) is 24.3 Å². The van der Waals surface area contributed by atoms with E-state index >= 15 is 0 Å². The summed E-state index contributed by atoms with van der Waals surface area (Å²) >= 11 is 7.89. The first kappa shape index (κ1) is 24.4. The van der Waals surface area contributed by atoms with E-state index in [0.717, 1.165) is 27.2 Å². The van der Waals surface area contributed by atoms with E-state index in [1.54, 1.807) is 6.07 Å². The molecule has 0 aromatic heterocycles. The Balaban J connectivity index is 1.29. The van der Waals surface area contributed by atoms with E-state index in [1.165, 1.54) is 34.0 Å². The van der Waals surface area contributed by atoms with Crippen molar-refractivity contribution in [2.75, 3.05) is 6.61 Å². The minimum atomic E-state index is -0.237. The number of rotatable bonds is 8. The molecular weight excluding hydrogens is 488 g/mol. The van der Waals surface area contributed by atoms with Gasteiger partial charge in [0, 0.05) is 32.7 Å². The Bertz CT molecular complexity index is 1400. The molecule has 1 aliphatic rings. The maximum absolute atomic E-state index is 12.8. The van der Waals surface area contributed by atoms with Crippen molar-refractivity contribution in [1.82, 2.24) is 0 Å². The summed E-state index contributed by atoms with van der Waals surface area (Å²) < 4.78 is 5.79. The van der Waals surface area contributed by atoms with E-state index in [-0.39, 0.29) is 18.3 Å². The average molecular weight is 513 g/mol. The Morgan fingerprint density at radius 3 is 2.28 bits per heavy atom. The lowest BCUT2D eigenvalue weighted by Crippen LogP contribution is -2.13. The normalized spacial score (nSPS) is 12.2. The lowest BCUT2D eigenvalue weighted by atomic mass is 9.98. The molecule has 0 atom stereocenters. The fraction of sp³-hybridized carbons (Fsp3) is 0.161. The molecule has 0 fully saturated rings. The SMILES string of the molecule is Cc1cc(Cl)cc(CCC(=O)OCC2c3ccccc3-c3ccccc32)c1Sc1ccccc1C=O. The molecule has 4 aromatic carbocycles. The van der Waals surface area contributed by atoms with Gasteiger partial charge in [0.05, 0.1) is 0 Å². The molecule has 1 aliphatic carbocycles. The number of carbonyl (C=O) groups is 2. The topological polar surface area (TPSA) is 43.4 Å². The molecule has 180 valence electrons. The molecule has 0 heterocycles. The molecule has 0 bridgehead atoms. The molecule has 0 spiro atoms. The molecule has 0 unspecified atom stereocenters.